The van der Waals surface area contributed by atoms with Crippen molar-refractivity contribution in [2.24, 2.45) is 11.3 Å². The number of hydrogen-bond acceptors (Lipinski definition) is 7. The molecule has 9 nitrogen and oxygen atoms in total. The molecule has 0 saturated carbocycles. The molecule has 1 aromatic heterocycles. The van der Waals surface area contributed by atoms with E-state index in [4.69, 9.17) is 29.0 Å². The van der Waals surface area contributed by atoms with Crippen molar-refractivity contribution >= 4 is 17.9 Å². The first-order valence-corrected chi connectivity index (χ1v) is 11.4. The zero-order valence-electron chi connectivity index (χ0n) is 20.6. The molecule has 216 valence electrons. The molecule has 0 radical (unpaired) electrons. The van der Waals surface area contributed by atoms with Crippen LogP contribution in [0, 0.1) is 11.3 Å². The van der Waals surface area contributed by atoms with Gasteiger partial charge >= 0.3 is 30.3 Å². The number of aliphatic carboxylic acids is 2. The SMILES string of the molecule is C=CCN1C[C@@H]2CN(Cc3ccoc3)CCC[C@]2(C(=O)OCC)C1.O=C(O)C(F)(F)F.O=C(O)C(F)(F)F. The predicted molar refractivity (Wildman–Crippen MR) is 120 cm³/mol. The Morgan fingerprint density at radius 3 is 2.13 bits per heavy atom. The zero-order chi connectivity index (χ0) is 29.1. The normalized spacial score (nSPS) is 22.0. The van der Waals surface area contributed by atoms with Gasteiger partial charge in [0.15, 0.2) is 0 Å². The number of likely N-dealkylation sites (tertiary alicyclic amines) is 2. The second kappa shape index (κ2) is 14.2. The summed E-state index contributed by atoms with van der Waals surface area (Å²) in [6, 6.07) is 2.02. The Kier molecular flexibility index (Phi) is 12.3. The number of furan rings is 1. The Balaban J connectivity index is 0.000000426. The third-order valence-electron chi connectivity index (χ3n) is 5.88. The highest BCUT2D eigenvalue weighted by molar-refractivity contribution is 5.78. The first-order valence-electron chi connectivity index (χ1n) is 11.4. The Morgan fingerprint density at radius 1 is 1.13 bits per heavy atom. The van der Waals surface area contributed by atoms with E-state index in [2.05, 4.69) is 16.4 Å². The largest absolute Gasteiger partial charge is 0.490 e. The Bertz CT molecular complexity index is 896. The maximum absolute atomic E-state index is 12.8. The lowest BCUT2D eigenvalue weighted by molar-refractivity contribution is -0.193. The summed E-state index contributed by atoms with van der Waals surface area (Å²) >= 11 is 0. The molecule has 0 unspecified atom stereocenters. The summed E-state index contributed by atoms with van der Waals surface area (Å²) in [5, 5.41) is 14.2. The fourth-order valence-corrected chi connectivity index (χ4v) is 4.33. The molecule has 0 aliphatic carbocycles. The lowest BCUT2D eigenvalue weighted by Crippen LogP contribution is -2.42. The van der Waals surface area contributed by atoms with E-state index >= 15 is 0 Å². The van der Waals surface area contributed by atoms with Crippen LogP contribution >= 0.6 is 0 Å². The second-order valence-corrected chi connectivity index (χ2v) is 8.63. The molecule has 2 saturated heterocycles. The van der Waals surface area contributed by atoms with Crippen molar-refractivity contribution in [3.05, 3.63) is 36.8 Å². The number of carbonyl (C=O) groups is 3. The number of hydrogen-bond donors (Lipinski definition) is 2. The Morgan fingerprint density at radius 2 is 1.68 bits per heavy atom. The lowest BCUT2D eigenvalue weighted by Gasteiger charge is -2.31. The van der Waals surface area contributed by atoms with E-state index in [0.717, 1.165) is 52.1 Å². The number of alkyl halides is 6. The number of fused-ring (bicyclic) bond motifs is 1. The van der Waals surface area contributed by atoms with E-state index in [1.165, 1.54) is 5.56 Å². The molecule has 1 aromatic rings. The molecular formula is C23H30F6N2O7. The van der Waals surface area contributed by atoms with Gasteiger partial charge in [0.1, 0.15) is 0 Å². The monoisotopic (exact) mass is 560 g/mol. The molecule has 3 heterocycles. The van der Waals surface area contributed by atoms with Crippen LogP contribution in [0.1, 0.15) is 25.3 Å². The molecule has 38 heavy (non-hydrogen) atoms. The minimum atomic E-state index is -5.08. The molecule has 0 bridgehead atoms. The minimum Gasteiger partial charge on any atom is -0.475 e. The molecule has 2 fully saturated rings. The summed E-state index contributed by atoms with van der Waals surface area (Å²) in [4.78, 5) is 35.4. The van der Waals surface area contributed by atoms with E-state index in [-0.39, 0.29) is 11.4 Å². The van der Waals surface area contributed by atoms with Gasteiger partial charge < -0.3 is 19.4 Å². The molecule has 0 amide bonds. The molecule has 15 heteroatoms. The molecular weight excluding hydrogens is 530 g/mol. The first kappa shape index (κ1) is 33.0. The number of halogens is 6. The van der Waals surface area contributed by atoms with Gasteiger partial charge in [-0.25, -0.2) is 9.59 Å². The van der Waals surface area contributed by atoms with Crippen LogP contribution in [0.3, 0.4) is 0 Å². The van der Waals surface area contributed by atoms with Crippen molar-refractivity contribution in [3.63, 3.8) is 0 Å². The number of carboxylic acid groups (broad SMARTS) is 2. The quantitative estimate of drug-likeness (QED) is 0.304. The van der Waals surface area contributed by atoms with Crippen molar-refractivity contribution in [1.82, 2.24) is 9.80 Å². The summed E-state index contributed by atoms with van der Waals surface area (Å²) in [7, 11) is 0. The van der Waals surface area contributed by atoms with Crippen LogP contribution in [0.5, 0.6) is 0 Å². The third kappa shape index (κ3) is 10.0. The Hall–Kier alpha value is -3.07. The summed E-state index contributed by atoms with van der Waals surface area (Å²) in [5.74, 6) is -5.21. The third-order valence-corrected chi connectivity index (χ3v) is 5.88. The van der Waals surface area contributed by atoms with Gasteiger partial charge in [-0.05, 0) is 32.4 Å². The van der Waals surface area contributed by atoms with Gasteiger partial charge in [0.25, 0.3) is 0 Å². The highest BCUT2D eigenvalue weighted by atomic mass is 19.4. The van der Waals surface area contributed by atoms with Gasteiger partial charge in [0.05, 0.1) is 24.5 Å². The second-order valence-electron chi connectivity index (χ2n) is 8.63. The fraction of sp³-hybridized carbons (Fsp3) is 0.609. The zero-order valence-corrected chi connectivity index (χ0v) is 20.6. The van der Waals surface area contributed by atoms with E-state index in [1.807, 2.05) is 25.3 Å². The van der Waals surface area contributed by atoms with Gasteiger partial charge in [0, 0.05) is 44.2 Å². The highest BCUT2D eigenvalue weighted by Crippen LogP contribution is 2.44. The number of nitrogens with zero attached hydrogens (tertiary/aromatic N) is 2. The molecule has 2 N–H and O–H groups in total. The summed E-state index contributed by atoms with van der Waals surface area (Å²) in [6.45, 7) is 11.6. The van der Waals surface area contributed by atoms with Crippen LogP contribution in [-0.4, -0.2) is 89.6 Å². The van der Waals surface area contributed by atoms with Crippen LogP contribution in [0.4, 0.5) is 26.3 Å². The van der Waals surface area contributed by atoms with E-state index in [1.54, 1.807) is 6.26 Å². The maximum atomic E-state index is 12.8. The molecule has 2 aliphatic heterocycles. The van der Waals surface area contributed by atoms with Crippen LogP contribution < -0.4 is 0 Å². The van der Waals surface area contributed by atoms with Crippen molar-refractivity contribution in [1.29, 1.82) is 0 Å². The number of carboxylic acids is 2. The molecule has 2 aliphatic rings. The number of ether oxygens (including phenoxy) is 1. The minimum absolute atomic E-state index is 0.00766. The molecule has 3 rings (SSSR count). The lowest BCUT2D eigenvalue weighted by atomic mass is 9.75. The number of carbonyl (C=O) groups excluding carboxylic acids is 1. The molecule has 0 spiro atoms. The van der Waals surface area contributed by atoms with Crippen LogP contribution in [0.15, 0.2) is 35.7 Å². The molecule has 2 atom stereocenters. The summed E-state index contributed by atoms with van der Waals surface area (Å²) in [6.07, 6.45) is -2.78. The van der Waals surface area contributed by atoms with Gasteiger partial charge in [-0.15, -0.1) is 6.58 Å². The van der Waals surface area contributed by atoms with Crippen molar-refractivity contribution < 1.29 is 60.1 Å². The topological polar surface area (TPSA) is 121 Å². The summed E-state index contributed by atoms with van der Waals surface area (Å²) < 4.78 is 74.1. The van der Waals surface area contributed by atoms with Crippen LogP contribution in [0.2, 0.25) is 0 Å². The fourth-order valence-electron chi connectivity index (χ4n) is 4.33. The number of rotatable bonds is 6. The van der Waals surface area contributed by atoms with Crippen molar-refractivity contribution in [2.75, 3.05) is 39.3 Å². The highest BCUT2D eigenvalue weighted by Gasteiger charge is 2.53. The Labute approximate surface area is 214 Å². The van der Waals surface area contributed by atoms with Gasteiger partial charge in [0.2, 0.25) is 0 Å². The summed E-state index contributed by atoms with van der Waals surface area (Å²) in [5.41, 5.74) is 0.837. The average molecular weight is 560 g/mol. The van der Waals surface area contributed by atoms with Crippen LogP contribution in [0.25, 0.3) is 0 Å². The number of esters is 1. The van der Waals surface area contributed by atoms with Gasteiger partial charge in [-0.3, -0.25) is 14.6 Å². The molecule has 0 aromatic carbocycles. The standard InChI is InChI=1S/C19H28N2O3.2C2HF3O2/c1-3-8-21-13-17-12-20(11-16-6-10-23-14-16)9-5-7-19(17,15-21)18(22)24-4-2;2*3-2(4,5)1(6)7/h3,6,10,14,17H,1,4-5,7-9,11-13,15H2,2H3;2*(H,6,7)/t17-,19-;;/m0../s1. The van der Waals surface area contributed by atoms with Crippen molar-refractivity contribution in [3.8, 4) is 0 Å². The smallest absolute Gasteiger partial charge is 0.475 e. The first-order chi connectivity index (χ1) is 17.6. The average Bonchev–Trinajstić information content (AvgIpc) is 3.38. The van der Waals surface area contributed by atoms with Crippen LogP contribution in [-0.2, 0) is 25.7 Å². The van der Waals surface area contributed by atoms with E-state index in [0.29, 0.717) is 12.5 Å². The van der Waals surface area contributed by atoms with E-state index in [9.17, 15) is 31.1 Å². The predicted octanol–water partition coefficient (Wildman–Crippen LogP) is 3.81. The maximum Gasteiger partial charge on any atom is 0.490 e. The van der Waals surface area contributed by atoms with Gasteiger partial charge in [-0.2, -0.15) is 26.3 Å². The van der Waals surface area contributed by atoms with Crippen molar-refractivity contribution in [2.45, 2.75) is 38.7 Å². The van der Waals surface area contributed by atoms with E-state index < -0.39 is 24.3 Å². The van der Waals surface area contributed by atoms with Gasteiger partial charge in [-0.1, -0.05) is 6.08 Å².